The van der Waals surface area contributed by atoms with Crippen LogP contribution in [0.25, 0.3) is 0 Å². The molecule has 1 heterocycles. The molecule has 7 atom stereocenters. The Morgan fingerprint density at radius 2 is 1.09 bits per heavy atom. The zero-order valence-electron chi connectivity index (χ0n) is 44.9. The third-order valence-corrected chi connectivity index (χ3v) is 13.5. The van der Waals surface area contributed by atoms with Crippen LogP contribution in [0.5, 0.6) is 5.75 Å². The Kier molecular flexibility index (Phi) is 26.6. The van der Waals surface area contributed by atoms with Crippen molar-refractivity contribution in [3.63, 3.8) is 0 Å². The Hall–Kier alpha value is -8.57. The molecule has 0 spiro atoms. The first kappa shape index (κ1) is 65.0. The van der Waals surface area contributed by atoms with Gasteiger partial charge in [-0.1, -0.05) is 54.6 Å². The van der Waals surface area contributed by atoms with E-state index in [1.807, 2.05) is 12.1 Å². The van der Waals surface area contributed by atoms with Gasteiger partial charge in [-0.15, -0.1) is 0 Å². The highest BCUT2D eigenvalue weighted by molar-refractivity contribution is 14.1. The molecule has 3 aromatic carbocycles. The van der Waals surface area contributed by atoms with Crippen molar-refractivity contribution < 1.29 is 52.7 Å². The second-order valence-corrected chi connectivity index (χ2v) is 20.4. The number of rotatable bonds is 33. The van der Waals surface area contributed by atoms with Crippen molar-refractivity contribution in [2.24, 2.45) is 50.1 Å². The van der Waals surface area contributed by atoms with Gasteiger partial charge in [0, 0.05) is 42.5 Å². The van der Waals surface area contributed by atoms with Crippen molar-refractivity contribution >= 4 is 93.6 Å². The Balaban J connectivity index is 1.61. The van der Waals surface area contributed by atoms with Crippen LogP contribution in [0.3, 0.4) is 0 Å². The van der Waals surface area contributed by atoms with Crippen molar-refractivity contribution in [2.45, 2.75) is 119 Å². The van der Waals surface area contributed by atoms with Crippen molar-refractivity contribution in [1.29, 1.82) is 0 Å². The number of guanidine groups is 2. The molecule has 1 aliphatic heterocycles. The molecular weight excluding hydrogens is 1160 g/mol. The van der Waals surface area contributed by atoms with Gasteiger partial charge in [0.1, 0.15) is 48.0 Å². The number of halogens is 1. The van der Waals surface area contributed by atoms with Gasteiger partial charge in [0.05, 0.1) is 20.0 Å². The maximum absolute atomic E-state index is 14.5. The van der Waals surface area contributed by atoms with Crippen LogP contribution in [0.15, 0.2) is 88.8 Å². The third kappa shape index (κ3) is 23.0. The molecule has 28 heteroatoms. The zero-order chi connectivity index (χ0) is 59.6. The van der Waals surface area contributed by atoms with Crippen LogP contribution in [0.2, 0.25) is 0 Å². The molecule has 438 valence electrons. The van der Waals surface area contributed by atoms with Gasteiger partial charge >= 0.3 is 0 Å². The van der Waals surface area contributed by atoms with E-state index in [-0.39, 0.29) is 82.9 Å². The maximum Gasteiger partial charge on any atom is 0.245 e. The Morgan fingerprint density at radius 1 is 0.580 bits per heavy atom. The normalized spacial score (nSPS) is 14.9. The topological polar surface area (TPSA) is 462 Å². The summed E-state index contributed by atoms with van der Waals surface area (Å²) in [4.78, 5) is 145. The van der Waals surface area contributed by atoms with E-state index in [0.717, 1.165) is 3.57 Å². The second-order valence-electron chi connectivity index (χ2n) is 19.1. The van der Waals surface area contributed by atoms with Crippen LogP contribution in [0, 0.1) is 3.57 Å². The van der Waals surface area contributed by atoms with Crippen LogP contribution >= 0.6 is 22.6 Å². The molecular formula is C53H73IN16O11. The minimum atomic E-state index is -1.80. The van der Waals surface area contributed by atoms with E-state index in [4.69, 9.17) is 44.9 Å². The van der Waals surface area contributed by atoms with E-state index in [1.54, 1.807) is 66.7 Å². The van der Waals surface area contributed by atoms with E-state index < -0.39 is 121 Å². The first-order valence-electron chi connectivity index (χ1n) is 26.0. The fourth-order valence-electron chi connectivity index (χ4n) is 8.68. The number of amides is 10. The summed E-state index contributed by atoms with van der Waals surface area (Å²) >= 11 is 2.14. The van der Waals surface area contributed by atoms with Gasteiger partial charge in [0.2, 0.25) is 59.1 Å². The molecule has 1 aliphatic rings. The fourth-order valence-corrected chi connectivity index (χ4v) is 9.03. The third-order valence-electron chi connectivity index (χ3n) is 12.8. The second kappa shape index (κ2) is 33.1. The molecule has 0 aliphatic carbocycles. The molecule has 81 heavy (non-hydrogen) atoms. The number of likely N-dealkylation sites (tertiary alicyclic amines) is 1. The number of nitrogens with two attached hydrogens (primary N) is 7. The number of aliphatic imine (C=N–C) groups is 2. The minimum absolute atomic E-state index is 0.00618. The first-order valence-corrected chi connectivity index (χ1v) is 27.1. The lowest BCUT2D eigenvalue weighted by Crippen LogP contribution is -2.60. The number of hydrogen-bond acceptors (Lipinski definition) is 13. The predicted molar refractivity (Wildman–Crippen MR) is 307 cm³/mol. The standard InChI is InChI=1S/C53H73IN16O11/c1-81-34-19-15-31(16-20-34)27-38(64-44(73)28-32-13-17-33(54)18-14-32)47(76)68-39(26-30-8-3-2-4-9-30)48(77)66-36(21-22-42(55)71)46(75)69-40(29-43(56)72)49(78)67-37(11-6-24-63-53(60)61)51(80)70-25-7-12-41(70)50(79)65-35(45(57)74)10-5-23-62-52(58)59/h2-4,8-9,13-20,35-41H,5-7,10-12,21-29H2,1H3,(H2,55,71)(H2,56,72)(H2,57,74)(H,64,73)(H,65,79)(H,66,77)(H,67,78)(H,68,76)(H,69,75)(H4,58,59,62)(H4,60,61,63)/t35-,36-,37-,38+,39-,40-,41-/m0/s1/i54-2. The molecule has 20 N–H and O–H groups in total. The summed E-state index contributed by atoms with van der Waals surface area (Å²) in [5.74, 6) is -8.42. The van der Waals surface area contributed by atoms with Crippen molar-refractivity contribution in [3.8, 4) is 5.75 Å². The number of carbonyl (C=O) groups is 10. The highest BCUT2D eigenvalue weighted by atomic mass is 125. The predicted octanol–water partition coefficient (Wildman–Crippen LogP) is -3.04. The lowest BCUT2D eigenvalue weighted by atomic mass is 10.0. The van der Waals surface area contributed by atoms with E-state index in [1.165, 1.54) is 12.0 Å². The van der Waals surface area contributed by atoms with Crippen LogP contribution in [0.1, 0.15) is 74.5 Å². The lowest BCUT2D eigenvalue weighted by molar-refractivity contribution is -0.142. The van der Waals surface area contributed by atoms with Gasteiger partial charge < -0.3 is 81.7 Å². The van der Waals surface area contributed by atoms with E-state index in [0.29, 0.717) is 28.9 Å². The summed E-state index contributed by atoms with van der Waals surface area (Å²) in [6.45, 7) is 0.216. The highest BCUT2D eigenvalue weighted by Gasteiger charge is 2.40. The molecule has 4 rings (SSSR count). The summed E-state index contributed by atoms with van der Waals surface area (Å²) in [6.07, 6.45) is -1.07. The minimum Gasteiger partial charge on any atom is -0.497 e. The average molecular weight is 1240 g/mol. The molecule has 1 saturated heterocycles. The lowest BCUT2D eigenvalue weighted by Gasteiger charge is -2.30. The number of benzene rings is 3. The molecule has 0 aromatic heterocycles. The van der Waals surface area contributed by atoms with Crippen LogP contribution in [-0.4, -0.2) is 145 Å². The molecule has 0 radical (unpaired) electrons. The van der Waals surface area contributed by atoms with Gasteiger partial charge in [0.15, 0.2) is 11.9 Å². The monoisotopic (exact) mass is 1230 g/mol. The smallest absolute Gasteiger partial charge is 0.245 e. The number of methoxy groups -OCH3 is 1. The van der Waals surface area contributed by atoms with Gasteiger partial charge in [-0.05, 0) is 108 Å². The van der Waals surface area contributed by atoms with Crippen molar-refractivity contribution in [1.82, 2.24) is 36.8 Å². The number of hydrogen-bond donors (Lipinski definition) is 13. The molecule has 3 aromatic rings. The van der Waals surface area contributed by atoms with Gasteiger partial charge in [0.25, 0.3) is 0 Å². The summed E-state index contributed by atoms with van der Waals surface area (Å²) in [5.41, 5.74) is 40.4. The van der Waals surface area contributed by atoms with E-state index >= 15 is 0 Å². The van der Waals surface area contributed by atoms with Gasteiger partial charge in [-0.3, -0.25) is 57.9 Å². The molecule has 0 saturated carbocycles. The molecule has 0 bridgehead atoms. The molecule has 27 nitrogen and oxygen atoms in total. The average Bonchev–Trinajstić information content (AvgIpc) is 3.92. The summed E-state index contributed by atoms with van der Waals surface area (Å²) in [7, 11) is 1.50. The summed E-state index contributed by atoms with van der Waals surface area (Å²) in [5, 5.41) is 15.7. The largest absolute Gasteiger partial charge is 0.497 e. The fraction of sp³-hybridized carbons (Fsp3) is 0.434. The van der Waals surface area contributed by atoms with Crippen molar-refractivity contribution in [3.05, 3.63) is 99.1 Å². The van der Waals surface area contributed by atoms with Gasteiger partial charge in [-0.25, -0.2) is 0 Å². The Morgan fingerprint density at radius 3 is 1.64 bits per heavy atom. The van der Waals surface area contributed by atoms with E-state index in [9.17, 15) is 47.9 Å². The maximum atomic E-state index is 14.5. The summed E-state index contributed by atoms with van der Waals surface area (Å²) < 4.78 is 6.24. The number of nitrogens with zero attached hydrogens (tertiary/aromatic N) is 3. The molecule has 1 fully saturated rings. The number of ether oxygens (including phenoxy) is 1. The number of primary amides is 3. The summed E-state index contributed by atoms with van der Waals surface area (Å²) in [6, 6.07) is 12.8. The van der Waals surface area contributed by atoms with Crippen molar-refractivity contribution in [2.75, 3.05) is 26.7 Å². The Bertz CT molecular complexity index is 2730. The molecule has 10 amide bonds. The quantitative estimate of drug-likeness (QED) is 0.0125. The number of nitrogens with one attached hydrogen (secondary N) is 6. The first-order chi connectivity index (χ1) is 38.5. The van der Waals surface area contributed by atoms with Gasteiger partial charge in [-0.2, -0.15) is 0 Å². The zero-order valence-corrected chi connectivity index (χ0v) is 47.1. The Labute approximate surface area is 482 Å². The van der Waals surface area contributed by atoms with E-state index in [2.05, 4.69) is 64.5 Å². The van der Waals surface area contributed by atoms with Crippen LogP contribution < -0.4 is 76.8 Å². The van der Waals surface area contributed by atoms with Crippen LogP contribution in [-0.2, 0) is 67.2 Å². The molecule has 0 unspecified atom stereocenters. The van der Waals surface area contributed by atoms with Crippen LogP contribution in [0.4, 0.5) is 0 Å². The highest BCUT2D eigenvalue weighted by Crippen LogP contribution is 2.21. The number of carbonyl (C=O) groups excluding carboxylic acids is 10. The SMILES string of the molecule is COc1ccc(C[C@@H](NC(=O)Cc2ccc([125I])cc2)C(=O)N[C@@H](Cc2ccccc2)C(=O)N[C@@H](CCC(N)=O)C(=O)N[C@@H](CC(N)=O)C(=O)N[C@@H](CCCN=C(N)N)C(=O)N2CCC[C@H]2C(=O)N[C@@H](CCCN=C(N)N)C(N)=O)cc1.